The van der Waals surface area contributed by atoms with Gasteiger partial charge in [-0.15, -0.1) is 11.3 Å². The summed E-state index contributed by atoms with van der Waals surface area (Å²) in [5, 5.41) is 7.12. The number of aldehydes is 1. The van der Waals surface area contributed by atoms with Crippen LogP contribution in [0.25, 0.3) is 20.5 Å². The Morgan fingerprint density at radius 3 is 2.47 bits per heavy atom. The van der Waals surface area contributed by atoms with Gasteiger partial charge >= 0.3 is 0 Å². The molecule has 3 rings (SSSR count). The van der Waals surface area contributed by atoms with Crippen LogP contribution in [0.3, 0.4) is 0 Å². The fraction of sp³-hybridized carbons (Fsp3) is 0.407. The number of azide groups is 1. The Kier molecular flexibility index (Phi) is 13.1. The molecule has 0 fully saturated rings. The molecule has 3 aromatic rings. The number of ether oxygens (including phenoxy) is 4. The van der Waals surface area contributed by atoms with Gasteiger partial charge in [0.25, 0.3) is 0 Å². The zero-order valence-electron chi connectivity index (χ0n) is 21.2. The molecule has 0 aliphatic rings. The lowest BCUT2D eigenvalue weighted by molar-refractivity contribution is -0.121. The quantitative estimate of drug-likeness (QED) is 0.0771. The van der Waals surface area contributed by atoms with Gasteiger partial charge in [-0.05, 0) is 35.7 Å². The predicted octanol–water partition coefficient (Wildman–Crippen LogP) is 4.70. The van der Waals surface area contributed by atoms with E-state index in [1.165, 1.54) is 11.3 Å². The predicted molar refractivity (Wildman–Crippen MR) is 146 cm³/mol. The highest BCUT2D eigenvalue weighted by Gasteiger charge is 2.13. The van der Waals surface area contributed by atoms with E-state index in [2.05, 4.69) is 15.3 Å². The smallest absolute Gasteiger partial charge is 0.220 e. The molecule has 1 aromatic heterocycles. The molecule has 0 spiro atoms. The molecule has 1 amide bonds. The number of carbonyl (C=O) groups is 2. The summed E-state index contributed by atoms with van der Waals surface area (Å²) in [6.45, 7) is 3.64. The summed E-state index contributed by atoms with van der Waals surface area (Å²) in [5.74, 6) is 0.664. The maximum Gasteiger partial charge on any atom is 0.220 e. The fourth-order valence-electron chi connectivity index (χ4n) is 3.53. The Hall–Kier alpha value is -3.47. The molecular formula is C27H32N4O6S. The zero-order chi connectivity index (χ0) is 26.8. The molecule has 0 bridgehead atoms. The van der Waals surface area contributed by atoms with E-state index in [4.69, 9.17) is 24.5 Å². The molecule has 0 aliphatic carbocycles. The van der Waals surface area contributed by atoms with E-state index in [9.17, 15) is 9.59 Å². The molecule has 1 heterocycles. The topological polar surface area (TPSA) is 132 Å². The molecule has 38 heavy (non-hydrogen) atoms. The second-order valence-corrected chi connectivity index (χ2v) is 9.28. The fourth-order valence-corrected chi connectivity index (χ4v) is 4.67. The molecular weight excluding hydrogens is 508 g/mol. The Bertz CT molecular complexity index is 1200. The number of nitrogens with one attached hydrogen (secondary N) is 1. The molecule has 0 radical (unpaired) electrons. The number of amides is 1. The lowest BCUT2D eigenvalue weighted by Gasteiger charge is -2.08. The van der Waals surface area contributed by atoms with Crippen molar-refractivity contribution in [3.8, 4) is 5.75 Å². The van der Waals surface area contributed by atoms with Gasteiger partial charge in [-0.2, -0.15) is 0 Å². The van der Waals surface area contributed by atoms with Gasteiger partial charge in [0.15, 0.2) is 6.29 Å². The molecule has 0 saturated carbocycles. The highest BCUT2D eigenvalue weighted by molar-refractivity contribution is 7.19. The van der Waals surface area contributed by atoms with Crippen molar-refractivity contribution in [1.29, 1.82) is 0 Å². The Labute approximate surface area is 225 Å². The third-order valence-electron chi connectivity index (χ3n) is 5.40. The van der Waals surface area contributed by atoms with Crippen LogP contribution in [0.5, 0.6) is 5.75 Å². The summed E-state index contributed by atoms with van der Waals surface area (Å²) in [7, 11) is 0. The van der Waals surface area contributed by atoms with Gasteiger partial charge in [-0.3, -0.25) is 9.59 Å². The van der Waals surface area contributed by atoms with E-state index in [0.29, 0.717) is 77.7 Å². The molecule has 0 atom stereocenters. The van der Waals surface area contributed by atoms with Crippen LogP contribution in [0.1, 0.15) is 27.2 Å². The van der Waals surface area contributed by atoms with Crippen LogP contribution >= 0.6 is 11.3 Å². The van der Waals surface area contributed by atoms with Crippen LogP contribution in [-0.2, 0) is 32.0 Å². The number of fused-ring (bicyclic) bond motifs is 1. The van der Waals surface area contributed by atoms with Gasteiger partial charge in [0.1, 0.15) is 12.4 Å². The lowest BCUT2D eigenvalue weighted by Crippen LogP contribution is -2.27. The highest BCUT2D eigenvalue weighted by atomic mass is 32.1. The van der Waals surface area contributed by atoms with Crippen molar-refractivity contribution in [2.45, 2.75) is 19.4 Å². The van der Waals surface area contributed by atoms with Crippen molar-refractivity contribution < 1.29 is 28.5 Å². The maximum atomic E-state index is 12.3. The number of aryl methyl sites for hydroxylation is 1. The van der Waals surface area contributed by atoms with Gasteiger partial charge in [0.2, 0.25) is 5.91 Å². The molecule has 10 nitrogen and oxygen atoms in total. The van der Waals surface area contributed by atoms with Gasteiger partial charge in [-0.1, -0.05) is 35.4 Å². The largest absolute Gasteiger partial charge is 0.488 e. The average molecular weight is 541 g/mol. The first-order chi connectivity index (χ1) is 18.7. The minimum Gasteiger partial charge on any atom is -0.488 e. The zero-order valence-corrected chi connectivity index (χ0v) is 22.0. The van der Waals surface area contributed by atoms with Crippen LogP contribution in [-0.4, -0.2) is 64.9 Å². The number of thiophene rings is 1. The van der Waals surface area contributed by atoms with E-state index in [1.54, 1.807) is 6.07 Å². The van der Waals surface area contributed by atoms with Crippen LogP contribution in [0.4, 0.5) is 0 Å². The summed E-state index contributed by atoms with van der Waals surface area (Å²) >= 11 is 1.52. The highest BCUT2D eigenvalue weighted by Crippen LogP contribution is 2.36. The van der Waals surface area contributed by atoms with Crippen molar-refractivity contribution in [1.82, 2.24) is 5.32 Å². The SMILES string of the molecule is [N-]=[N+]=NCCOCCOCCOCCNC(=O)CCc1cc2c(OCc3ccccc3)ccc(C=O)c2s1. The van der Waals surface area contributed by atoms with Crippen LogP contribution < -0.4 is 10.1 Å². The van der Waals surface area contributed by atoms with Crippen LogP contribution in [0.2, 0.25) is 0 Å². The molecule has 2 aromatic carbocycles. The number of nitrogens with zero attached hydrogens (tertiary/aromatic N) is 3. The third-order valence-corrected chi connectivity index (χ3v) is 6.64. The number of rotatable bonds is 19. The number of hydrogen-bond donors (Lipinski definition) is 1. The summed E-state index contributed by atoms with van der Waals surface area (Å²) < 4.78 is 23.0. The molecule has 202 valence electrons. The van der Waals surface area contributed by atoms with Crippen molar-refractivity contribution in [2.24, 2.45) is 5.11 Å². The number of hydrogen-bond acceptors (Lipinski definition) is 8. The van der Waals surface area contributed by atoms with Crippen LogP contribution in [0, 0.1) is 0 Å². The number of benzene rings is 2. The average Bonchev–Trinajstić information content (AvgIpc) is 3.38. The summed E-state index contributed by atoms with van der Waals surface area (Å²) in [6, 6.07) is 15.5. The molecule has 0 aliphatic heterocycles. The van der Waals surface area contributed by atoms with Crippen molar-refractivity contribution in [3.05, 3.63) is 75.0 Å². The normalized spacial score (nSPS) is 10.7. The number of carbonyl (C=O) groups excluding carboxylic acids is 2. The van der Waals surface area contributed by atoms with Crippen molar-refractivity contribution >= 4 is 33.6 Å². The summed E-state index contributed by atoms with van der Waals surface area (Å²) in [4.78, 5) is 27.5. The Morgan fingerprint density at radius 2 is 1.74 bits per heavy atom. The maximum absolute atomic E-state index is 12.3. The second kappa shape index (κ2) is 17.1. The second-order valence-electron chi connectivity index (χ2n) is 8.14. The standard InChI is InChI=1S/C27H32N4O6S/c28-31-30-11-13-35-15-17-36-16-14-34-12-10-29-26(33)9-7-23-18-24-25(8-6-22(19-32)27(24)38-23)37-20-21-4-2-1-3-5-21/h1-6,8,18-19H,7,9-17,20H2,(H,29,33). The van der Waals surface area contributed by atoms with Gasteiger partial charge in [0.05, 0.1) is 39.6 Å². The van der Waals surface area contributed by atoms with E-state index < -0.39 is 0 Å². The summed E-state index contributed by atoms with van der Waals surface area (Å²) in [5.41, 5.74) is 9.83. The summed E-state index contributed by atoms with van der Waals surface area (Å²) in [6.07, 6.45) is 1.76. The van der Waals surface area contributed by atoms with Crippen molar-refractivity contribution in [3.63, 3.8) is 0 Å². The lowest BCUT2D eigenvalue weighted by atomic mass is 10.1. The first kappa shape index (κ1) is 29.1. The Balaban J connectivity index is 1.33. The van der Waals surface area contributed by atoms with Crippen molar-refractivity contribution in [2.75, 3.05) is 52.7 Å². The van der Waals surface area contributed by atoms with E-state index in [0.717, 1.165) is 32.6 Å². The van der Waals surface area contributed by atoms with Gasteiger partial charge in [0, 0.05) is 44.9 Å². The van der Waals surface area contributed by atoms with Gasteiger partial charge < -0.3 is 24.3 Å². The molecule has 1 N–H and O–H groups in total. The van der Waals surface area contributed by atoms with Gasteiger partial charge in [-0.25, -0.2) is 0 Å². The molecule has 11 heteroatoms. The first-order valence-electron chi connectivity index (χ1n) is 12.4. The monoisotopic (exact) mass is 540 g/mol. The van der Waals surface area contributed by atoms with E-state index in [1.807, 2.05) is 42.5 Å². The minimum atomic E-state index is -0.0589. The van der Waals surface area contributed by atoms with E-state index in [-0.39, 0.29) is 5.91 Å². The first-order valence-corrected chi connectivity index (χ1v) is 13.2. The van der Waals surface area contributed by atoms with E-state index >= 15 is 0 Å². The molecule has 0 saturated heterocycles. The van der Waals surface area contributed by atoms with Crippen LogP contribution in [0.15, 0.2) is 53.6 Å². The molecule has 0 unspecified atom stereocenters. The third kappa shape index (κ3) is 10.1. The Morgan fingerprint density at radius 1 is 1.00 bits per heavy atom. The minimum absolute atomic E-state index is 0.0589.